The van der Waals surface area contributed by atoms with Gasteiger partial charge in [0.2, 0.25) is 0 Å². The van der Waals surface area contributed by atoms with Crippen molar-refractivity contribution in [3.05, 3.63) is 53.5 Å². The number of hydrogen-bond acceptors (Lipinski definition) is 4. The van der Waals surface area contributed by atoms with Crippen LogP contribution in [-0.2, 0) is 13.0 Å². The number of carboxylic acid groups (broad SMARTS) is 1. The van der Waals surface area contributed by atoms with E-state index in [-0.39, 0.29) is 0 Å². The van der Waals surface area contributed by atoms with Gasteiger partial charge in [0, 0.05) is 19.3 Å². The summed E-state index contributed by atoms with van der Waals surface area (Å²) in [4.78, 5) is 21.3. The quantitative estimate of drug-likeness (QED) is 0.885. The minimum atomic E-state index is -0.887. The van der Waals surface area contributed by atoms with Crippen LogP contribution < -0.4 is 4.90 Å². The molecule has 3 rings (SSSR count). The first-order chi connectivity index (χ1) is 9.24. The average Bonchev–Trinajstić information content (AvgIpc) is 2.47. The van der Waals surface area contributed by atoms with Crippen LogP contribution in [0.5, 0.6) is 0 Å². The van der Waals surface area contributed by atoms with Crippen LogP contribution in [0.1, 0.15) is 21.5 Å². The number of nitrogens with zero attached hydrogens (tertiary/aromatic N) is 3. The highest BCUT2D eigenvalue weighted by atomic mass is 16.4. The van der Waals surface area contributed by atoms with Crippen LogP contribution in [-0.4, -0.2) is 27.6 Å². The van der Waals surface area contributed by atoms with E-state index in [1.165, 1.54) is 11.9 Å². The first kappa shape index (κ1) is 11.6. The maximum absolute atomic E-state index is 11.0. The monoisotopic (exact) mass is 255 g/mol. The van der Waals surface area contributed by atoms with Crippen LogP contribution in [0.4, 0.5) is 5.82 Å². The normalized spacial score (nSPS) is 14.0. The molecule has 1 aromatic carbocycles. The van der Waals surface area contributed by atoms with E-state index in [0.717, 1.165) is 24.3 Å². The van der Waals surface area contributed by atoms with E-state index in [1.807, 2.05) is 12.1 Å². The van der Waals surface area contributed by atoms with Crippen molar-refractivity contribution in [1.82, 2.24) is 9.97 Å². The lowest BCUT2D eigenvalue weighted by molar-refractivity contribution is 0.0696. The van der Waals surface area contributed by atoms with Gasteiger partial charge in [-0.25, -0.2) is 14.8 Å². The van der Waals surface area contributed by atoms with Crippen molar-refractivity contribution in [2.45, 2.75) is 13.0 Å². The van der Waals surface area contributed by atoms with Crippen molar-refractivity contribution in [3.63, 3.8) is 0 Å². The minimum absolute atomic E-state index is 0.336. The van der Waals surface area contributed by atoms with E-state index in [4.69, 9.17) is 5.11 Å². The van der Waals surface area contributed by atoms with Gasteiger partial charge in [0.1, 0.15) is 12.1 Å². The van der Waals surface area contributed by atoms with Crippen molar-refractivity contribution in [2.75, 3.05) is 11.4 Å². The van der Waals surface area contributed by atoms with Crippen LogP contribution in [0.15, 0.2) is 36.8 Å². The second kappa shape index (κ2) is 4.68. The Kier molecular flexibility index (Phi) is 2.87. The fourth-order valence-corrected chi connectivity index (χ4v) is 2.36. The third-order valence-electron chi connectivity index (χ3n) is 3.36. The second-order valence-electron chi connectivity index (χ2n) is 4.53. The van der Waals surface area contributed by atoms with Gasteiger partial charge in [-0.1, -0.05) is 6.07 Å². The summed E-state index contributed by atoms with van der Waals surface area (Å²) >= 11 is 0. The summed E-state index contributed by atoms with van der Waals surface area (Å²) in [6.07, 6.45) is 4.14. The number of hydrogen-bond donors (Lipinski definition) is 1. The van der Waals surface area contributed by atoms with Crippen LogP contribution in [0.3, 0.4) is 0 Å². The van der Waals surface area contributed by atoms with Crippen molar-refractivity contribution >= 4 is 11.8 Å². The molecule has 0 bridgehead atoms. The van der Waals surface area contributed by atoms with Crippen LogP contribution in [0.2, 0.25) is 0 Å². The van der Waals surface area contributed by atoms with E-state index in [9.17, 15) is 4.79 Å². The molecule has 0 amide bonds. The molecule has 0 unspecified atom stereocenters. The summed E-state index contributed by atoms with van der Waals surface area (Å²) in [6, 6.07) is 7.20. The van der Waals surface area contributed by atoms with Gasteiger partial charge in [-0.2, -0.15) is 0 Å². The van der Waals surface area contributed by atoms with Crippen molar-refractivity contribution in [3.8, 4) is 0 Å². The standard InChI is InChI=1S/C14H13N3O2/c18-14(19)11-2-1-10-4-6-17(8-12(10)7-11)13-3-5-15-9-16-13/h1-3,5,7,9H,4,6,8H2,(H,18,19). The molecule has 1 N–H and O–H groups in total. The number of benzene rings is 1. The van der Waals surface area contributed by atoms with E-state index in [1.54, 1.807) is 18.3 Å². The highest BCUT2D eigenvalue weighted by molar-refractivity contribution is 5.88. The molecule has 2 heterocycles. The summed E-state index contributed by atoms with van der Waals surface area (Å²) < 4.78 is 0. The third kappa shape index (κ3) is 2.27. The maximum Gasteiger partial charge on any atom is 0.335 e. The predicted molar refractivity (Wildman–Crippen MR) is 70.2 cm³/mol. The van der Waals surface area contributed by atoms with Gasteiger partial charge in [0.15, 0.2) is 0 Å². The van der Waals surface area contributed by atoms with Gasteiger partial charge in [-0.3, -0.25) is 0 Å². The number of aromatic carboxylic acids is 1. The lowest BCUT2D eigenvalue weighted by atomic mass is 9.97. The molecule has 5 nitrogen and oxygen atoms in total. The molecule has 2 aromatic rings. The van der Waals surface area contributed by atoms with Crippen molar-refractivity contribution < 1.29 is 9.90 Å². The molecule has 0 saturated heterocycles. The number of carboxylic acids is 1. The summed E-state index contributed by atoms with van der Waals surface area (Å²) in [7, 11) is 0. The molecule has 0 atom stereocenters. The summed E-state index contributed by atoms with van der Waals surface area (Å²) in [5.41, 5.74) is 2.61. The molecule has 1 aliphatic rings. The van der Waals surface area contributed by atoms with Gasteiger partial charge in [-0.05, 0) is 35.7 Å². The molecule has 0 aliphatic carbocycles. The van der Waals surface area contributed by atoms with Gasteiger partial charge in [0.05, 0.1) is 5.56 Å². The number of anilines is 1. The second-order valence-corrected chi connectivity index (χ2v) is 4.53. The molecule has 0 fully saturated rings. The zero-order chi connectivity index (χ0) is 13.2. The Morgan fingerprint density at radius 2 is 2.16 bits per heavy atom. The SMILES string of the molecule is O=C(O)c1ccc2c(c1)CN(c1ccncn1)CC2. The predicted octanol–water partition coefficient (Wildman–Crippen LogP) is 1.74. The molecule has 1 aromatic heterocycles. The molecule has 0 saturated carbocycles. The Balaban J connectivity index is 1.90. The fraction of sp³-hybridized carbons (Fsp3) is 0.214. The van der Waals surface area contributed by atoms with Gasteiger partial charge >= 0.3 is 5.97 Å². The molecular formula is C14H13N3O2. The molecule has 96 valence electrons. The molecule has 1 aliphatic heterocycles. The third-order valence-corrected chi connectivity index (χ3v) is 3.36. The number of rotatable bonds is 2. The Morgan fingerprint density at radius 3 is 2.89 bits per heavy atom. The molecule has 5 heteroatoms. The average molecular weight is 255 g/mol. The van der Waals surface area contributed by atoms with E-state index >= 15 is 0 Å². The van der Waals surface area contributed by atoms with E-state index in [2.05, 4.69) is 14.9 Å². The lowest BCUT2D eigenvalue weighted by Crippen LogP contribution is -2.31. The highest BCUT2D eigenvalue weighted by Gasteiger charge is 2.18. The zero-order valence-electron chi connectivity index (χ0n) is 10.3. The summed E-state index contributed by atoms with van der Waals surface area (Å²) in [5.74, 6) is -0.0108. The van der Waals surface area contributed by atoms with Gasteiger partial charge < -0.3 is 10.0 Å². The maximum atomic E-state index is 11.0. The Morgan fingerprint density at radius 1 is 1.26 bits per heavy atom. The minimum Gasteiger partial charge on any atom is -0.478 e. The van der Waals surface area contributed by atoms with Crippen LogP contribution in [0, 0.1) is 0 Å². The van der Waals surface area contributed by atoms with Crippen molar-refractivity contribution in [2.24, 2.45) is 0 Å². The van der Waals surface area contributed by atoms with Crippen LogP contribution >= 0.6 is 0 Å². The fourth-order valence-electron chi connectivity index (χ4n) is 2.36. The number of fused-ring (bicyclic) bond motifs is 1. The largest absolute Gasteiger partial charge is 0.478 e. The Bertz CT molecular complexity index is 613. The Labute approximate surface area is 110 Å². The Hall–Kier alpha value is -2.43. The highest BCUT2D eigenvalue weighted by Crippen LogP contribution is 2.23. The topological polar surface area (TPSA) is 66.3 Å². The summed E-state index contributed by atoms with van der Waals surface area (Å²) in [6.45, 7) is 1.57. The van der Waals surface area contributed by atoms with Crippen LogP contribution in [0.25, 0.3) is 0 Å². The zero-order valence-corrected chi connectivity index (χ0v) is 10.3. The smallest absolute Gasteiger partial charge is 0.335 e. The van der Waals surface area contributed by atoms with E-state index in [0.29, 0.717) is 12.1 Å². The van der Waals surface area contributed by atoms with E-state index < -0.39 is 5.97 Å². The van der Waals surface area contributed by atoms with Gasteiger partial charge in [-0.15, -0.1) is 0 Å². The first-order valence-corrected chi connectivity index (χ1v) is 6.10. The molecule has 0 radical (unpaired) electrons. The number of carbonyl (C=O) groups is 1. The number of aromatic nitrogens is 2. The van der Waals surface area contributed by atoms with Gasteiger partial charge in [0.25, 0.3) is 0 Å². The molecule has 19 heavy (non-hydrogen) atoms. The first-order valence-electron chi connectivity index (χ1n) is 6.10. The molecule has 0 spiro atoms. The summed E-state index contributed by atoms with van der Waals surface area (Å²) in [5, 5.41) is 9.04. The molecular weight excluding hydrogens is 242 g/mol. The lowest BCUT2D eigenvalue weighted by Gasteiger charge is -2.29. The van der Waals surface area contributed by atoms with Crippen molar-refractivity contribution in [1.29, 1.82) is 0 Å².